The summed E-state index contributed by atoms with van der Waals surface area (Å²) in [5.41, 5.74) is 1.80. The summed E-state index contributed by atoms with van der Waals surface area (Å²) in [6.45, 7) is 6.62. The van der Waals surface area contributed by atoms with Crippen molar-refractivity contribution in [2.75, 3.05) is 27.8 Å². The Bertz CT molecular complexity index is 1310. The van der Waals surface area contributed by atoms with Crippen LogP contribution in [0.1, 0.15) is 49.9 Å². The zero-order valence-corrected chi connectivity index (χ0v) is 21.3. The van der Waals surface area contributed by atoms with Gasteiger partial charge in [0, 0.05) is 27.6 Å². The van der Waals surface area contributed by atoms with E-state index in [0.717, 1.165) is 5.69 Å². The van der Waals surface area contributed by atoms with Gasteiger partial charge in [0.25, 0.3) is 0 Å². The number of methoxy groups -OCH3 is 2. The van der Waals surface area contributed by atoms with Crippen LogP contribution >= 0.6 is 11.6 Å². The van der Waals surface area contributed by atoms with Crippen molar-refractivity contribution in [3.63, 3.8) is 0 Å². The number of H-pyrrole nitrogens is 1. The van der Waals surface area contributed by atoms with Gasteiger partial charge in [-0.2, -0.15) is 10.1 Å². The fourth-order valence-electron chi connectivity index (χ4n) is 4.83. The number of nitrogens with one attached hydrogen (secondary N) is 1. The molecule has 9 nitrogen and oxygen atoms in total. The molecule has 2 aromatic carbocycles. The van der Waals surface area contributed by atoms with Crippen LogP contribution in [-0.4, -0.2) is 43.9 Å². The van der Waals surface area contributed by atoms with Crippen LogP contribution in [0, 0.1) is 5.41 Å². The van der Waals surface area contributed by atoms with Crippen LogP contribution < -0.4 is 19.7 Å². The van der Waals surface area contributed by atoms with Crippen molar-refractivity contribution in [2.24, 2.45) is 5.41 Å². The largest absolute Gasteiger partial charge is 0.493 e. The van der Waals surface area contributed by atoms with Crippen molar-refractivity contribution in [3.8, 4) is 11.5 Å². The molecule has 10 heteroatoms. The topological polar surface area (TPSA) is 104 Å². The number of nitrogens with zero attached hydrogens (tertiary/aromatic N) is 2. The third kappa shape index (κ3) is 4.59. The van der Waals surface area contributed by atoms with E-state index in [4.69, 9.17) is 30.3 Å². The van der Waals surface area contributed by atoms with E-state index in [1.807, 2.05) is 25.2 Å². The van der Waals surface area contributed by atoms with E-state index in [2.05, 4.69) is 30.9 Å². The molecule has 0 spiro atoms. The van der Waals surface area contributed by atoms with E-state index in [0.29, 0.717) is 34.2 Å². The lowest BCUT2D eigenvalue weighted by Gasteiger charge is -2.37. The van der Waals surface area contributed by atoms with Gasteiger partial charge in [-0.15, -0.1) is 0 Å². The van der Waals surface area contributed by atoms with Crippen LogP contribution in [0.5, 0.6) is 11.5 Å². The summed E-state index contributed by atoms with van der Waals surface area (Å²) in [7, 11) is 4.92. The first-order valence-corrected chi connectivity index (χ1v) is 11.5. The van der Waals surface area contributed by atoms with Gasteiger partial charge in [-0.05, 0) is 18.2 Å². The van der Waals surface area contributed by atoms with Gasteiger partial charge in [-0.3, -0.25) is 0 Å². The molecule has 0 aliphatic carbocycles. The number of carbonyl (C=O) groups is 1. The average molecular weight is 503 g/mol. The molecular weight excluding hydrogens is 474 g/mol. The second-order valence-corrected chi connectivity index (χ2v) is 10.3. The molecule has 1 amide bonds. The SMILES string of the molecule is COc1cccc([C@H]2O[C@H](c3nc(=O)o[nH]3)C(=O)[N+](C)(CC(C)(C)C)c3ccc(Cl)cc32)c1OC. The van der Waals surface area contributed by atoms with Crippen molar-refractivity contribution in [1.82, 2.24) is 14.6 Å². The Hall–Kier alpha value is -3.14. The molecular formula is C25H29ClN3O6+. The number of hydrogen-bond donors (Lipinski definition) is 1. The highest BCUT2D eigenvalue weighted by Crippen LogP contribution is 2.49. The number of rotatable bonds is 5. The van der Waals surface area contributed by atoms with Gasteiger partial charge in [0.15, 0.2) is 17.3 Å². The minimum Gasteiger partial charge on any atom is -0.493 e. The molecule has 0 fully saturated rings. The number of carbonyl (C=O) groups excluding carboxylic acids is 1. The first-order chi connectivity index (χ1) is 16.5. The zero-order chi connectivity index (χ0) is 25.5. The molecule has 0 bridgehead atoms. The summed E-state index contributed by atoms with van der Waals surface area (Å²) in [6.07, 6.45) is -2.04. The van der Waals surface area contributed by atoms with E-state index in [1.54, 1.807) is 25.3 Å². The Balaban J connectivity index is 2.04. The number of halogens is 1. The number of amides is 1. The Morgan fingerprint density at radius 2 is 1.83 bits per heavy atom. The molecule has 35 heavy (non-hydrogen) atoms. The predicted octanol–water partition coefficient (Wildman–Crippen LogP) is 4.40. The predicted molar refractivity (Wildman–Crippen MR) is 131 cm³/mol. The van der Waals surface area contributed by atoms with Gasteiger partial charge in [-0.25, -0.2) is 14.1 Å². The number of benzene rings is 2. The summed E-state index contributed by atoms with van der Waals surface area (Å²) in [6, 6.07) is 10.8. The van der Waals surface area contributed by atoms with Crippen molar-refractivity contribution >= 4 is 23.2 Å². The molecule has 0 saturated heterocycles. The molecule has 0 radical (unpaired) electrons. The third-order valence-electron chi connectivity index (χ3n) is 6.00. The Morgan fingerprint density at radius 3 is 2.43 bits per heavy atom. The second kappa shape index (κ2) is 9.14. The van der Waals surface area contributed by atoms with E-state index < -0.39 is 18.0 Å². The normalized spacial score (nSPS) is 22.4. The van der Waals surface area contributed by atoms with Crippen LogP contribution in [0.25, 0.3) is 0 Å². The average Bonchev–Trinajstić information content (AvgIpc) is 3.20. The standard InChI is InChI=1S/C25H28ClN3O6/c1-25(2,3)13-29(4)17-11-10-14(26)12-16(17)19(15-8-7-9-18(32-5)20(15)33-6)34-21(23(29)30)22-27-24(31)35-28-22/h7-12,19,21H,13H2,1-6H3/p+1/t19-,21-,29?/m1/s1. The molecule has 0 saturated carbocycles. The lowest BCUT2D eigenvalue weighted by Crippen LogP contribution is -2.56. The summed E-state index contributed by atoms with van der Waals surface area (Å²) >= 11 is 6.46. The van der Waals surface area contributed by atoms with E-state index in [9.17, 15) is 9.59 Å². The van der Waals surface area contributed by atoms with Crippen LogP contribution in [0.4, 0.5) is 5.69 Å². The number of quaternary nitrogens is 1. The van der Waals surface area contributed by atoms with Crippen molar-refractivity contribution in [1.29, 1.82) is 0 Å². The van der Waals surface area contributed by atoms with Gasteiger partial charge in [0.2, 0.25) is 6.10 Å². The third-order valence-corrected chi connectivity index (χ3v) is 6.23. The summed E-state index contributed by atoms with van der Waals surface area (Å²) < 4.78 is 22.4. The number of aromatic amines is 1. The summed E-state index contributed by atoms with van der Waals surface area (Å²) in [5.74, 6) is -0.202. The number of fused-ring (bicyclic) bond motifs is 1. The molecule has 1 aromatic heterocycles. The number of ether oxygens (including phenoxy) is 3. The van der Waals surface area contributed by atoms with Gasteiger partial charge < -0.3 is 18.7 Å². The fraction of sp³-hybridized carbons (Fsp3) is 0.400. The smallest absolute Gasteiger partial charge is 0.459 e. The molecule has 1 aliphatic rings. The quantitative estimate of drug-likeness (QED) is 0.515. The first-order valence-electron chi connectivity index (χ1n) is 11.1. The number of hydrogen-bond acceptors (Lipinski definition) is 7. The Kier molecular flexibility index (Phi) is 6.52. The highest BCUT2D eigenvalue weighted by molar-refractivity contribution is 6.30. The maximum Gasteiger partial charge on any atom is 0.459 e. The Morgan fingerprint density at radius 1 is 1.09 bits per heavy atom. The zero-order valence-electron chi connectivity index (χ0n) is 20.5. The van der Waals surface area contributed by atoms with Crippen molar-refractivity contribution in [3.05, 3.63) is 68.9 Å². The molecule has 3 atom stereocenters. The first kappa shape index (κ1) is 25.0. The summed E-state index contributed by atoms with van der Waals surface area (Å²) in [4.78, 5) is 29.8. The molecule has 1 unspecified atom stereocenters. The molecule has 2 heterocycles. The monoisotopic (exact) mass is 502 g/mol. The van der Waals surface area contributed by atoms with Crippen LogP contribution in [0.3, 0.4) is 0 Å². The van der Waals surface area contributed by atoms with Gasteiger partial charge in [0.05, 0.1) is 27.8 Å². The van der Waals surface area contributed by atoms with Crippen LogP contribution in [0.2, 0.25) is 5.02 Å². The second-order valence-electron chi connectivity index (χ2n) is 9.90. The van der Waals surface area contributed by atoms with E-state index in [1.165, 1.54) is 7.11 Å². The molecule has 4 rings (SSSR count). The number of para-hydroxylation sites is 1. The highest BCUT2D eigenvalue weighted by Gasteiger charge is 2.51. The number of aromatic nitrogens is 2. The van der Waals surface area contributed by atoms with E-state index in [-0.39, 0.29) is 21.6 Å². The van der Waals surface area contributed by atoms with Crippen LogP contribution in [-0.2, 0) is 9.53 Å². The van der Waals surface area contributed by atoms with Gasteiger partial charge >= 0.3 is 11.7 Å². The van der Waals surface area contributed by atoms with Crippen LogP contribution in [0.15, 0.2) is 45.7 Å². The minimum atomic E-state index is -1.24. The Labute approximate surface area is 208 Å². The minimum absolute atomic E-state index is 0.0102. The summed E-state index contributed by atoms with van der Waals surface area (Å²) in [5, 5.41) is 2.95. The number of likely N-dealkylation sites (N-methyl/N-ethyl adjacent to an activating group) is 1. The maximum atomic E-state index is 14.2. The maximum absolute atomic E-state index is 14.2. The lowest BCUT2D eigenvalue weighted by molar-refractivity contribution is -0.145. The van der Waals surface area contributed by atoms with Gasteiger partial charge in [-0.1, -0.05) is 44.5 Å². The van der Waals surface area contributed by atoms with Gasteiger partial charge in [0.1, 0.15) is 11.8 Å². The van der Waals surface area contributed by atoms with Crippen molar-refractivity contribution in [2.45, 2.75) is 33.0 Å². The fourth-order valence-corrected chi connectivity index (χ4v) is 5.02. The van der Waals surface area contributed by atoms with Crippen molar-refractivity contribution < 1.29 is 23.5 Å². The molecule has 1 N–H and O–H groups in total. The molecule has 186 valence electrons. The van der Waals surface area contributed by atoms with E-state index >= 15 is 0 Å². The highest BCUT2D eigenvalue weighted by atomic mass is 35.5. The molecule has 3 aromatic rings. The lowest BCUT2D eigenvalue weighted by atomic mass is 9.92. The molecule has 1 aliphatic heterocycles.